The van der Waals surface area contributed by atoms with Gasteiger partial charge in [-0.3, -0.25) is 9.59 Å². The second-order valence-corrected chi connectivity index (χ2v) is 8.57. The summed E-state index contributed by atoms with van der Waals surface area (Å²) in [6.45, 7) is 0.958. The van der Waals surface area contributed by atoms with Gasteiger partial charge in [-0.15, -0.1) is 11.3 Å². The number of hydrogen-bond donors (Lipinski definition) is 1. The predicted octanol–water partition coefficient (Wildman–Crippen LogP) is 4.37. The Labute approximate surface area is 178 Å². The number of nitrogens with one attached hydrogen (secondary N) is 1. The van der Waals surface area contributed by atoms with Crippen LogP contribution in [0.2, 0.25) is 5.02 Å². The van der Waals surface area contributed by atoms with Gasteiger partial charge in [-0.1, -0.05) is 60.1 Å². The quantitative estimate of drug-likeness (QED) is 0.637. The molecule has 7 heteroatoms. The molecule has 1 atom stereocenters. The standard InChI is InChI=1S/C22H20ClN3O2S/c23-19-9-5-4-8-16(19)10-18-12-24-22(29-18)25-21(28)17-11-20(27)26(14-17)13-15-6-2-1-3-7-15/h1-9,12,17H,10-11,13-14H2,(H,24,25,28). The highest BCUT2D eigenvalue weighted by Crippen LogP contribution is 2.26. The van der Waals surface area contributed by atoms with Crippen LogP contribution in [0.1, 0.15) is 22.4 Å². The molecule has 1 unspecified atom stereocenters. The Morgan fingerprint density at radius 3 is 2.72 bits per heavy atom. The fourth-order valence-electron chi connectivity index (χ4n) is 3.39. The van der Waals surface area contributed by atoms with Crippen LogP contribution in [0.15, 0.2) is 60.8 Å². The lowest BCUT2D eigenvalue weighted by Crippen LogP contribution is -2.28. The molecule has 1 aliphatic rings. The summed E-state index contributed by atoms with van der Waals surface area (Å²) < 4.78 is 0. The van der Waals surface area contributed by atoms with E-state index in [0.717, 1.165) is 21.0 Å². The molecule has 2 amide bonds. The summed E-state index contributed by atoms with van der Waals surface area (Å²) in [5.41, 5.74) is 2.08. The van der Waals surface area contributed by atoms with Crippen LogP contribution in [0.4, 0.5) is 5.13 Å². The van der Waals surface area contributed by atoms with Gasteiger partial charge in [-0.25, -0.2) is 4.98 Å². The van der Waals surface area contributed by atoms with Crippen molar-refractivity contribution in [3.05, 3.63) is 81.8 Å². The molecule has 2 aromatic carbocycles. The molecule has 29 heavy (non-hydrogen) atoms. The molecule has 1 aliphatic heterocycles. The van der Waals surface area contributed by atoms with Crippen LogP contribution in [0.25, 0.3) is 0 Å². The molecule has 148 valence electrons. The van der Waals surface area contributed by atoms with Crippen molar-refractivity contribution in [3.63, 3.8) is 0 Å². The Bertz CT molecular complexity index is 1020. The van der Waals surface area contributed by atoms with Crippen molar-refractivity contribution in [2.45, 2.75) is 19.4 Å². The van der Waals surface area contributed by atoms with E-state index < -0.39 is 0 Å². The minimum absolute atomic E-state index is 0.00699. The molecule has 1 fully saturated rings. The third kappa shape index (κ3) is 4.83. The Hall–Kier alpha value is -2.70. The van der Waals surface area contributed by atoms with Crippen molar-refractivity contribution in [1.82, 2.24) is 9.88 Å². The zero-order chi connectivity index (χ0) is 20.2. The third-order valence-corrected chi connectivity index (χ3v) is 6.19. The molecule has 0 aliphatic carbocycles. The van der Waals surface area contributed by atoms with Gasteiger partial charge in [0.2, 0.25) is 11.8 Å². The first-order chi connectivity index (χ1) is 14.1. The van der Waals surface area contributed by atoms with E-state index in [9.17, 15) is 9.59 Å². The van der Waals surface area contributed by atoms with Gasteiger partial charge >= 0.3 is 0 Å². The van der Waals surface area contributed by atoms with Gasteiger partial charge in [-0.2, -0.15) is 0 Å². The maximum atomic E-state index is 12.6. The second-order valence-electron chi connectivity index (χ2n) is 7.05. The first-order valence-electron chi connectivity index (χ1n) is 9.39. The maximum Gasteiger partial charge on any atom is 0.231 e. The Morgan fingerprint density at radius 1 is 1.17 bits per heavy atom. The lowest BCUT2D eigenvalue weighted by Gasteiger charge is -2.16. The zero-order valence-corrected chi connectivity index (χ0v) is 17.2. The van der Waals surface area contributed by atoms with Crippen LogP contribution < -0.4 is 5.32 Å². The summed E-state index contributed by atoms with van der Waals surface area (Å²) >= 11 is 7.64. The summed E-state index contributed by atoms with van der Waals surface area (Å²) in [6.07, 6.45) is 2.65. The highest BCUT2D eigenvalue weighted by molar-refractivity contribution is 7.15. The third-order valence-electron chi connectivity index (χ3n) is 4.91. The summed E-state index contributed by atoms with van der Waals surface area (Å²) in [4.78, 5) is 32.0. The van der Waals surface area contributed by atoms with Crippen molar-refractivity contribution < 1.29 is 9.59 Å². The van der Waals surface area contributed by atoms with Crippen molar-refractivity contribution >= 4 is 39.9 Å². The number of carbonyl (C=O) groups excluding carboxylic acids is 2. The van der Waals surface area contributed by atoms with E-state index in [2.05, 4.69) is 10.3 Å². The molecule has 1 N–H and O–H groups in total. The number of anilines is 1. The fourth-order valence-corrected chi connectivity index (χ4v) is 4.43. The first kappa shape index (κ1) is 19.6. The Kier molecular flexibility index (Phi) is 5.92. The Morgan fingerprint density at radius 2 is 1.93 bits per heavy atom. The van der Waals surface area contributed by atoms with E-state index in [-0.39, 0.29) is 24.2 Å². The van der Waals surface area contributed by atoms with Gasteiger partial charge in [0.25, 0.3) is 0 Å². The van der Waals surface area contributed by atoms with Crippen LogP contribution in [0.3, 0.4) is 0 Å². The molecule has 0 saturated carbocycles. The minimum Gasteiger partial charge on any atom is -0.338 e. The lowest BCUT2D eigenvalue weighted by molar-refractivity contribution is -0.128. The number of hydrogen-bond acceptors (Lipinski definition) is 4. The molecular formula is C22H20ClN3O2S. The molecule has 4 rings (SSSR count). The summed E-state index contributed by atoms with van der Waals surface area (Å²) in [6, 6.07) is 17.5. The van der Waals surface area contributed by atoms with E-state index in [1.165, 1.54) is 11.3 Å². The van der Waals surface area contributed by atoms with Gasteiger partial charge in [0.15, 0.2) is 5.13 Å². The monoisotopic (exact) mass is 425 g/mol. The average molecular weight is 426 g/mol. The molecule has 2 heterocycles. The van der Waals surface area contributed by atoms with Crippen molar-refractivity contribution in [1.29, 1.82) is 0 Å². The van der Waals surface area contributed by atoms with Crippen molar-refractivity contribution in [2.24, 2.45) is 5.92 Å². The molecule has 1 saturated heterocycles. The minimum atomic E-state index is -0.359. The smallest absolute Gasteiger partial charge is 0.231 e. The van der Waals surface area contributed by atoms with Crippen molar-refractivity contribution in [2.75, 3.05) is 11.9 Å². The van der Waals surface area contributed by atoms with E-state index >= 15 is 0 Å². The van der Waals surface area contributed by atoms with E-state index in [1.54, 1.807) is 11.1 Å². The van der Waals surface area contributed by atoms with Gasteiger partial charge in [-0.05, 0) is 17.2 Å². The van der Waals surface area contributed by atoms with Crippen LogP contribution in [-0.4, -0.2) is 28.2 Å². The number of nitrogens with zero attached hydrogens (tertiary/aromatic N) is 2. The van der Waals surface area contributed by atoms with E-state index in [1.807, 2.05) is 54.6 Å². The number of rotatable bonds is 6. The summed E-state index contributed by atoms with van der Waals surface area (Å²) in [5, 5.41) is 4.13. The van der Waals surface area contributed by atoms with Gasteiger partial charge in [0.1, 0.15) is 0 Å². The number of thiazole rings is 1. The molecular weight excluding hydrogens is 406 g/mol. The highest BCUT2D eigenvalue weighted by atomic mass is 35.5. The molecule has 3 aromatic rings. The summed E-state index contributed by atoms with van der Waals surface area (Å²) in [7, 11) is 0. The molecule has 0 spiro atoms. The normalized spacial score (nSPS) is 16.2. The predicted molar refractivity (Wildman–Crippen MR) is 115 cm³/mol. The number of benzene rings is 2. The van der Waals surface area contributed by atoms with E-state index in [0.29, 0.717) is 24.6 Å². The number of likely N-dealkylation sites (tertiary alicyclic amines) is 1. The summed E-state index contributed by atoms with van der Waals surface area (Å²) in [5.74, 6) is -0.512. The fraction of sp³-hybridized carbons (Fsp3) is 0.227. The first-order valence-corrected chi connectivity index (χ1v) is 10.6. The number of amides is 2. The number of aromatic nitrogens is 1. The maximum absolute atomic E-state index is 12.6. The van der Waals surface area contributed by atoms with Crippen LogP contribution in [0.5, 0.6) is 0 Å². The Balaban J connectivity index is 1.34. The van der Waals surface area contributed by atoms with Gasteiger partial charge < -0.3 is 10.2 Å². The van der Waals surface area contributed by atoms with Crippen LogP contribution in [0, 0.1) is 5.92 Å². The van der Waals surface area contributed by atoms with Crippen molar-refractivity contribution in [3.8, 4) is 0 Å². The molecule has 0 bridgehead atoms. The second kappa shape index (κ2) is 8.76. The van der Waals surface area contributed by atoms with Crippen LogP contribution >= 0.6 is 22.9 Å². The van der Waals surface area contributed by atoms with E-state index in [4.69, 9.17) is 11.6 Å². The van der Waals surface area contributed by atoms with Crippen LogP contribution in [-0.2, 0) is 22.6 Å². The largest absolute Gasteiger partial charge is 0.338 e. The lowest BCUT2D eigenvalue weighted by atomic mass is 10.1. The number of carbonyl (C=O) groups is 2. The topological polar surface area (TPSA) is 62.3 Å². The average Bonchev–Trinajstić information content (AvgIpc) is 3.31. The van der Waals surface area contributed by atoms with Gasteiger partial charge in [0.05, 0.1) is 5.92 Å². The molecule has 0 radical (unpaired) electrons. The highest BCUT2D eigenvalue weighted by Gasteiger charge is 2.34. The molecule has 1 aromatic heterocycles. The number of halogens is 1. The zero-order valence-electron chi connectivity index (χ0n) is 15.7. The SMILES string of the molecule is O=C(Nc1ncc(Cc2ccccc2Cl)s1)C1CC(=O)N(Cc2ccccc2)C1. The van der Waals surface area contributed by atoms with Gasteiger partial charge in [0, 0.05) is 42.0 Å². The molecule has 5 nitrogen and oxygen atoms in total.